The van der Waals surface area contributed by atoms with Crippen LogP contribution in [0.1, 0.15) is 26.4 Å². The quantitative estimate of drug-likeness (QED) is 0.607. The second-order valence-corrected chi connectivity index (χ2v) is 10.3. The number of ether oxygens (including phenoxy) is 1. The number of nitrogens with one attached hydrogen (secondary N) is 1. The molecule has 160 valence electrons. The average molecular weight is 451 g/mol. The number of nitrogens with zero attached hydrogens (tertiary/aromatic N) is 1. The van der Waals surface area contributed by atoms with E-state index >= 15 is 0 Å². The highest BCUT2D eigenvalue weighted by atomic mass is 32.2. The van der Waals surface area contributed by atoms with E-state index in [-0.39, 0.29) is 11.5 Å². The van der Waals surface area contributed by atoms with Crippen LogP contribution < -0.4 is 5.32 Å². The molecule has 1 aromatic heterocycles. The first kappa shape index (κ1) is 22.4. The third-order valence-electron chi connectivity index (χ3n) is 4.93. The number of methoxy groups -OCH3 is 1. The molecule has 0 unspecified atom stereocenters. The number of carbonyl (C=O) groups is 1. The molecule has 0 spiro atoms. The summed E-state index contributed by atoms with van der Waals surface area (Å²) in [4.78, 5) is 13.5. The van der Waals surface area contributed by atoms with Crippen molar-refractivity contribution in [1.82, 2.24) is 4.31 Å². The number of thiophene rings is 1. The summed E-state index contributed by atoms with van der Waals surface area (Å²) in [5, 5.41) is 3.18. The van der Waals surface area contributed by atoms with Gasteiger partial charge in [-0.25, -0.2) is 17.1 Å². The fraction of sp³-hybridized carbons (Fsp3) is 0.286. The molecule has 3 aromatic rings. The summed E-state index contributed by atoms with van der Waals surface area (Å²) in [6.07, 6.45) is 0. The summed E-state index contributed by atoms with van der Waals surface area (Å²) >= 11 is 1.17. The topological polar surface area (TPSA) is 75.7 Å². The Morgan fingerprint density at radius 1 is 1.23 bits per heavy atom. The lowest BCUT2D eigenvalue weighted by Gasteiger charge is -2.16. The Labute approximate surface area is 179 Å². The van der Waals surface area contributed by atoms with Gasteiger partial charge in [0.05, 0.1) is 16.4 Å². The molecule has 0 bridgehead atoms. The maximum Gasteiger partial charge on any atom is 0.266 e. The average Bonchev–Trinajstić information content (AvgIpc) is 3.05. The van der Waals surface area contributed by atoms with Crippen LogP contribution in [0.25, 0.3) is 10.1 Å². The van der Waals surface area contributed by atoms with Crippen molar-refractivity contribution in [2.75, 3.05) is 26.5 Å². The van der Waals surface area contributed by atoms with Gasteiger partial charge in [0.2, 0.25) is 10.0 Å². The Morgan fingerprint density at radius 3 is 2.57 bits per heavy atom. The summed E-state index contributed by atoms with van der Waals surface area (Å²) < 4.78 is 46.5. The van der Waals surface area contributed by atoms with Crippen LogP contribution in [0.5, 0.6) is 0 Å². The number of fused-ring (bicyclic) bond motifs is 1. The molecule has 1 N–H and O–H groups in total. The van der Waals surface area contributed by atoms with Crippen molar-refractivity contribution >= 4 is 43.0 Å². The maximum atomic E-state index is 14.4. The fourth-order valence-electron chi connectivity index (χ4n) is 3.13. The Balaban J connectivity index is 2.08. The molecule has 0 fully saturated rings. The smallest absolute Gasteiger partial charge is 0.266 e. The number of hydrogen-bond donors (Lipinski definition) is 1. The number of anilines is 1. The standard InChI is InChI=1S/C21H23FN2O4S2/c1-12-9-14(30(26,27)24(3)4)10-17(13(12)2)23-21(25)20-15(11-28-5)19-16(22)7-6-8-18(19)29-20/h6-10H,11H2,1-5H3,(H,23,25). The normalized spacial score (nSPS) is 12.0. The molecule has 30 heavy (non-hydrogen) atoms. The first-order chi connectivity index (χ1) is 14.1. The summed E-state index contributed by atoms with van der Waals surface area (Å²) in [5.41, 5.74) is 2.34. The van der Waals surface area contributed by atoms with Gasteiger partial charge in [-0.3, -0.25) is 4.79 Å². The first-order valence-electron chi connectivity index (χ1n) is 9.12. The van der Waals surface area contributed by atoms with Crippen LogP contribution >= 0.6 is 11.3 Å². The zero-order chi connectivity index (χ0) is 22.2. The van der Waals surface area contributed by atoms with Gasteiger partial charge in [-0.05, 0) is 49.2 Å². The Bertz CT molecular complexity index is 1230. The van der Waals surface area contributed by atoms with Gasteiger partial charge in [0, 0.05) is 42.5 Å². The summed E-state index contributed by atoms with van der Waals surface area (Å²) in [6.45, 7) is 3.67. The van der Waals surface area contributed by atoms with Crippen LogP contribution in [0.2, 0.25) is 0 Å². The fourth-order valence-corrected chi connectivity index (χ4v) is 5.26. The lowest BCUT2D eigenvalue weighted by atomic mass is 10.1. The van der Waals surface area contributed by atoms with Crippen molar-refractivity contribution in [2.45, 2.75) is 25.3 Å². The van der Waals surface area contributed by atoms with Crippen molar-refractivity contribution in [1.29, 1.82) is 0 Å². The number of benzene rings is 2. The number of rotatable bonds is 6. The summed E-state index contributed by atoms with van der Waals surface area (Å²) in [6, 6.07) is 7.71. The third kappa shape index (κ3) is 3.98. The molecule has 1 amide bonds. The van der Waals surface area contributed by atoms with E-state index in [9.17, 15) is 17.6 Å². The van der Waals surface area contributed by atoms with Gasteiger partial charge in [-0.2, -0.15) is 0 Å². The summed E-state index contributed by atoms with van der Waals surface area (Å²) in [5.74, 6) is -0.856. The molecule has 0 aliphatic heterocycles. The molecular weight excluding hydrogens is 427 g/mol. The predicted molar refractivity (Wildman–Crippen MR) is 117 cm³/mol. The number of halogens is 1. The molecule has 0 aliphatic carbocycles. The first-order valence-corrected chi connectivity index (χ1v) is 11.4. The second-order valence-electron chi connectivity index (χ2n) is 7.11. The molecule has 0 atom stereocenters. The number of amides is 1. The minimum Gasteiger partial charge on any atom is -0.380 e. The van der Waals surface area contributed by atoms with Crippen LogP contribution in [0.4, 0.5) is 10.1 Å². The highest BCUT2D eigenvalue weighted by molar-refractivity contribution is 7.89. The Morgan fingerprint density at radius 2 is 1.93 bits per heavy atom. The SMILES string of the molecule is COCc1c(C(=O)Nc2cc(S(=O)(=O)N(C)C)cc(C)c2C)sc2cccc(F)c12. The highest BCUT2D eigenvalue weighted by Gasteiger charge is 2.23. The van der Waals surface area contributed by atoms with Crippen molar-refractivity contribution in [2.24, 2.45) is 0 Å². The van der Waals surface area contributed by atoms with E-state index in [4.69, 9.17) is 4.74 Å². The molecule has 9 heteroatoms. The number of carbonyl (C=O) groups excluding carboxylic acids is 1. The van der Waals surface area contributed by atoms with Crippen molar-refractivity contribution < 1.29 is 22.3 Å². The van der Waals surface area contributed by atoms with Crippen LogP contribution in [0.3, 0.4) is 0 Å². The molecule has 1 heterocycles. The Kier molecular flexibility index (Phi) is 6.28. The molecule has 0 radical (unpaired) electrons. The van der Waals surface area contributed by atoms with E-state index in [0.717, 1.165) is 15.4 Å². The van der Waals surface area contributed by atoms with Crippen LogP contribution in [-0.2, 0) is 21.4 Å². The minimum atomic E-state index is -3.67. The van der Waals surface area contributed by atoms with Crippen molar-refractivity contribution in [3.8, 4) is 0 Å². The van der Waals surface area contributed by atoms with E-state index in [2.05, 4.69) is 5.32 Å². The van der Waals surface area contributed by atoms with Crippen molar-refractivity contribution in [3.63, 3.8) is 0 Å². The monoisotopic (exact) mass is 450 g/mol. The number of aryl methyl sites for hydroxylation is 1. The highest BCUT2D eigenvalue weighted by Crippen LogP contribution is 2.35. The summed E-state index contributed by atoms with van der Waals surface area (Å²) in [7, 11) is 0.714. The minimum absolute atomic E-state index is 0.0801. The molecule has 0 aliphatic rings. The van der Waals surface area contributed by atoms with Gasteiger partial charge < -0.3 is 10.1 Å². The van der Waals surface area contributed by atoms with Gasteiger partial charge in [-0.1, -0.05) is 6.07 Å². The van der Waals surface area contributed by atoms with E-state index in [1.54, 1.807) is 32.0 Å². The largest absolute Gasteiger partial charge is 0.380 e. The van der Waals surface area contributed by atoms with E-state index in [1.165, 1.54) is 44.7 Å². The van der Waals surface area contributed by atoms with Crippen molar-refractivity contribution in [3.05, 3.63) is 57.7 Å². The molecule has 0 saturated heterocycles. The third-order valence-corrected chi connectivity index (χ3v) is 7.91. The molecular formula is C21H23FN2O4S2. The lowest BCUT2D eigenvalue weighted by Crippen LogP contribution is -2.23. The van der Waals surface area contributed by atoms with Crippen LogP contribution in [0.15, 0.2) is 35.2 Å². The van der Waals surface area contributed by atoms with E-state index in [1.807, 2.05) is 0 Å². The van der Waals surface area contributed by atoms with Gasteiger partial charge >= 0.3 is 0 Å². The molecule has 2 aromatic carbocycles. The van der Waals surface area contributed by atoms with E-state index < -0.39 is 21.7 Å². The maximum absolute atomic E-state index is 14.4. The zero-order valence-electron chi connectivity index (χ0n) is 17.4. The molecule has 3 rings (SSSR count). The number of hydrogen-bond acceptors (Lipinski definition) is 5. The molecule has 6 nitrogen and oxygen atoms in total. The lowest BCUT2D eigenvalue weighted by molar-refractivity contribution is 0.102. The molecule has 0 saturated carbocycles. The van der Waals surface area contributed by atoms with Gasteiger partial charge in [0.15, 0.2) is 0 Å². The number of sulfonamides is 1. The van der Waals surface area contributed by atoms with Crippen LogP contribution in [-0.4, -0.2) is 39.8 Å². The van der Waals surface area contributed by atoms with Gasteiger partial charge in [0.25, 0.3) is 5.91 Å². The predicted octanol–water partition coefficient (Wildman–Crippen LogP) is 4.31. The Hall–Kier alpha value is -2.33. The van der Waals surface area contributed by atoms with E-state index in [0.29, 0.717) is 26.2 Å². The second kappa shape index (κ2) is 8.43. The van der Waals surface area contributed by atoms with Crippen LogP contribution in [0, 0.1) is 19.7 Å². The zero-order valence-corrected chi connectivity index (χ0v) is 19.0. The van der Waals surface area contributed by atoms with Gasteiger partial charge in [-0.15, -0.1) is 11.3 Å². The van der Waals surface area contributed by atoms with Gasteiger partial charge in [0.1, 0.15) is 5.82 Å².